The average Bonchev–Trinajstić information content (AvgIpc) is 3.40. The van der Waals surface area contributed by atoms with Gasteiger partial charge in [0.2, 0.25) is 0 Å². The molecule has 4 nitrogen and oxygen atoms in total. The Bertz CT molecular complexity index is 1280. The minimum Gasteiger partial charge on any atom is -0.463 e. The number of aliphatic imine (C=N–C) groups is 1. The first-order valence-electron chi connectivity index (χ1n) is 11.0. The molecule has 1 saturated carbocycles. The lowest BCUT2D eigenvalue weighted by molar-refractivity contribution is 0.178. The first-order chi connectivity index (χ1) is 15.1. The van der Waals surface area contributed by atoms with Crippen molar-refractivity contribution >= 4 is 5.71 Å². The quantitative estimate of drug-likeness (QED) is 0.407. The molecule has 0 radical (unpaired) electrons. The van der Waals surface area contributed by atoms with Crippen molar-refractivity contribution in [1.82, 2.24) is 9.55 Å². The van der Waals surface area contributed by atoms with Gasteiger partial charge in [-0.1, -0.05) is 50.2 Å². The van der Waals surface area contributed by atoms with E-state index in [0.29, 0.717) is 6.54 Å². The highest BCUT2D eigenvalue weighted by atomic mass is 16.3. The molecule has 0 saturated heterocycles. The van der Waals surface area contributed by atoms with Gasteiger partial charge in [-0.3, -0.25) is 9.56 Å². The highest BCUT2D eigenvalue weighted by Crippen LogP contribution is 2.48. The number of aromatic nitrogens is 2. The number of hydrogen-bond acceptors (Lipinski definition) is 3. The second-order valence-electron chi connectivity index (χ2n) is 9.22. The van der Waals surface area contributed by atoms with Crippen LogP contribution in [0.4, 0.5) is 0 Å². The zero-order valence-electron chi connectivity index (χ0n) is 17.9. The summed E-state index contributed by atoms with van der Waals surface area (Å²) in [7, 11) is 0. The summed E-state index contributed by atoms with van der Waals surface area (Å²) in [6.45, 7) is 5.29. The van der Waals surface area contributed by atoms with Crippen molar-refractivity contribution in [2.24, 2.45) is 10.9 Å². The van der Waals surface area contributed by atoms with E-state index in [1.165, 1.54) is 24.0 Å². The van der Waals surface area contributed by atoms with Gasteiger partial charge in [0, 0.05) is 11.1 Å². The van der Waals surface area contributed by atoms with Crippen LogP contribution in [-0.2, 0) is 12.0 Å². The van der Waals surface area contributed by atoms with Gasteiger partial charge >= 0.3 is 0 Å². The Morgan fingerprint density at radius 3 is 2.61 bits per heavy atom. The zero-order chi connectivity index (χ0) is 21.0. The molecule has 6 rings (SSSR count). The standard InChI is InChI=1S/C27H25N3O/c1-18-14-27(2,15-18)20-10-11-22-21(13-20)25(19-7-4-3-5-8-19)28-16-23-26(29-17-30(22)23)24-9-6-12-31-24/h3-13,17-18H,14-16H2,1-2H3. The fourth-order valence-electron chi connectivity index (χ4n) is 5.46. The number of rotatable bonds is 3. The molecule has 2 aromatic carbocycles. The van der Waals surface area contributed by atoms with Crippen molar-refractivity contribution in [1.29, 1.82) is 0 Å². The lowest BCUT2D eigenvalue weighted by Crippen LogP contribution is -2.37. The van der Waals surface area contributed by atoms with E-state index in [2.05, 4.69) is 71.9 Å². The van der Waals surface area contributed by atoms with Crippen LogP contribution in [0.2, 0.25) is 0 Å². The van der Waals surface area contributed by atoms with Crippen molar-refractivity contribution in [2.75, 3.05) is 0 Å². The SMILES string of the molecule is CC1CC(C)(c2ccc3c(c2)C(c2ccccc2)=NCc2c(-c4ccco4)ncn2-3)C1. The average molecular weight is 408 g/mol. The largest absolute Gasteiger partial charge is 0.463 e. The Morgan fingerprint density at radius 2 is 1.87 bits per heavy atom. The van der Waals surface area contributed by atoms with Crippen LogP contribution < -0.4 is 0 Å². The predicted molar refractivity (Wildman–Crippen MR) is 123 cm³/mol. The van der Waals surface area contributed by atoms with Gasteiger partial charge < -0.3 is 4.42 Å². The molecule has 31 heavy (non-hydrogen) atoms. The van der Waals surface area contributed by atoms with Gasteiger partial charge in [-0.15, -0.1) is 0 Å². The maximum Gasteiger partial charge on any atom is 0.154 e. The van der Waals surface area contributed by atoms with E-state index in [4.69, 9.17) is 9.41 Å². The topological polar surface area (TPSA) is 43.3 Å². The van der Waals surface area contributed by atoms with Crippen LogP contribution in [0.15, 0.2) is 82.7 Å². The molecule has 0 spiro atoms. The van der Waals surface area contributed by atoms with Crippen LogP contribution >= 0.6 is 0 Å². The first-order valence-corrected chi connectivity index (χ1v) is 11.0. The van der Waals surface area contributed by atoms with Crippen LogP contribution in [0, 0.1) is 5.92 Å². The van der Waals surface area contributed by atoms with Gasteiger partial charge in [0.05, 0.1) is 29.9 Å². The minimum atomic E-state index is 0.250. The molecule has 4 heteroatoms. The monoisotopic (exact) mass is 407 g/mol. The third kappa shape index (κ3) is 2.89. The summed E-state index contributed by atoms with van der Waals surface area (Å²) in [4.78, 5) is 9.80. The van der Waals surface area contributed by atoms with E-state index in [9.17, 15) is 0 Å². The number of hydrogen-bond donors (Lipinski definition) is 0. The summed E-state index contributed by atoms with van der Waals surface area (Å²) in [5.41, 5.74) is 8.05. The third-order valence-corrected chi connectivity index (χ3v) is 6.86. The molecule has 4 aromatic rings. The Balaban J connectivity index is 1.56. The van der Waals surface area contributed by atoms with E-state index >= 15 is 0 Å². The molecule has 1 fully saturated rings. The molecular formula is C27H25N3O. The van der Waals surface area contributed by atoms with Gasteiger partial charge in [0.1, 0.15) is 12.0 Å². The molecular weight excluding hydrogens is 382 g/mol. The summed E-state index contributed by atoms with van der Waals surface area (Å²) >= 11 is 0. The van der Waals surface area contributed by atoms with Crippen molar-refractivity contribution < 1.29 is 4.42 Å². The molecule has 2 aliphatic rings. The molecule has 0 bridgehead atoms. The maximum atomic E-state index is 5.66. The zero-order valence-corrected chi connectivity index (χ0v) is 17.9. The number of imidazole rings is 1. The van der Waals surface area contributed by atoms with Crippen LogP contribution in [0.1, 0.15) is 49.1 Å². The Labute approximate surface area is 182 Å². The predicted octanol–water partition coefficient (Wildman–Crippen LogP) is 6.17. The Morgan fingerprint density at radius 1 is 1.03 bits per heavy atom. The fourth-order valence-corrected chi connectivity index (χ4v) is 5.46. The summed E-state index contributed by atoms with van der Waals surface area (Å²) in [6.07, 6.45) is 6.07. The van der Waals surface area contributed by atoms with E-state index in [1.807, 2.05) is 18.5 Å². The number of benzene rings is 2. The van der Waals surface area contributed by atoms with Crippen LogP contribution in [-0.4, -0.2) is 15.3 Å². The molecule has 0 atom stereocenters. The van der Waals surface area contributed by atoms with E-state index in [-0.39, 0.29) is 5.41 Å². The molecule has 0 N–H and O–H groups in total. The van der Waals surface area contributed by atoms with Gasteiger partial charge in [-0.05, 0) is 54.0 Å². The molecule has 3 heterocycles. The Hall–Kier alpha value is -3.40. The highest BCUT2D eigenvalue weighted by Gasteiger charge is 2.39. The van der Waals surface area contributed by atoms with Crippen molar-refractivity contribution in [3.8, 4) is 17.1 Å². The molecule has 154 valence electrons. The van der Waals surface area contributed by atoms with E-state index in [1.54, 1.807) is 6.26 Å². The number of nitrogens with zero attached hydrogens (tertiary/aromatic N) is 3. The van der Waals surface area contributed by atoms with Crippen molar-refractivity contribution in [3.63, 3.8) is 0 Å². The van der Waals surface area contributed by atoms with E-state index in [0.717, 1.165) is 40.0 Å². The van der Waals surface area contributed by atoms with Gasteiger partial charge in [0.15, 0.2) is 5.76 Å². The molecule has 0 unspecified atom stereocenters. The number of fused-ring (bicyclic) bond motifs is 3. The minimum absolute atomic E-state index is 0.250. The van der Waals surface area contributed by atoms with Gasteiger partial charge in [-0.2, -0.15) is 0 Å². The summed E-state index contributed by atoms with van der Waals surface area (Å²) in [5.74, 6) is 1.57. The first kappa shape index (κ1) is 18.4. The number of furan rings is 1. The second kappa shape index (κ2) is 6.81. The fraction of sp³-hybridized carbons (Fsp3) is 0.259. The molecule has 2 aromatic heterocycles. The van der Waals surface area contributed by atoms with Crippen molar-refractivity contribution in [2.45, 2.75) is 38.6 Å². The van der Waals surface area contributed by atoms with Crippen LogP contribution in [0.25, 0.3) is 17.1 Å². The summed E-state index contributed by atoms with van der Waals surface area (Å²) in [5, 5.41) is 0. The van der Waals surface area contributed by atoms with Gasteiger partial charge in [-0.25, -0.2) is 4.98 Å². The van der Waals surface area contributed by atoms with Crippen LogP contribution in [0.5, 0.6) is 0 Å². The highest BCUT2D eigenvalue weighted by molar-refractivity contribution is 6.15. The normalized spacial score (nSPS) is 22.1. The maximum absolute atomic E-state index is 5.66. The molecule has 0 amide bonds. The summed E-state index contributed by atoms with van der Waals surface area (Å²) < 4.78 is 7.84. The lowest BCUT2D eigenvalue weighted by atomic mass is 9.60. The van der Waals surface area contributed by atoms with Gasteiger partial charge in [0.25, 0.3) is 0 Å². The second-order valence-corrected chi connectivity index (χ2v) is 9.22. The summed E-state index contributed by atoms with van der Waals surface area (Å²) in [6, 6.07) is 21.3. The Kier molecular flexibility index (Phi) is 4.04. The molecule has 1 aliphatic heterocycles. The third-order valence-electron chi connectivity index (χ3n) is 6.86. The molecule has 1 aliphatic carbocycles. The lowest BCUT2D eigenvalue weighted by Gasteiger charge is -2.44. The van der Waals surface area contributed by atoms with E-state index < -0.39 is 0 Å². The smallest absolute Gasteiger partial charge is 0.154 e. The van der Waals surface area contributed by atoms with Crippen molar-refractivity contribution in [3.05, 3.63) is 95.6 Å². The van der Waals surface area contributed by atoms with Crippen LogP contribution in [0.3, 0.4) is 0 Å².